The van der Waals surface area contributed by atoms with E-state index >= 15 is 0 Å². The van der Waals surface area contributed by atoms with Gasteiger partial charge in [-0.3, -0.25) is 9.59 Å². The number of rotatable bonds is 8. The summed E-state index contributed by atoms with van der Waals surface area (Å²) in [6, 6.07) is -0.499. The first-order valence-corrected chi connectivity index (χ1v) is 5.38. The molecule has 0 aliphatic rings. The first-order valence-electron chi connectivity index (χ1n) is 5.38. The van der Waals surface area contributed by atoms with Gasteiger partial charge in [-0.1, -0.05) is 20.3 Å². The van der Waals surface area contributed by atoms with Crippen LogP contribution in [0.3, 0.4) is 0 Å². The zero-order valence-corrected chi connectivity index (χ0v) is 9.86. The van der Waals surface area contributed by atoms with Crippen LogP contribution < -0.4 is 16.8 Å². The summed E-state index contributed by atoms with van der Waals surface area (Å²) in [7, 11) is 0. The second kappa shape index (κ2) is 8.06. The molecule has 6 nitrogen and oxygen atoms in total. The normalized spacial score (nSPS) is 14.2. The highest BCUT2D eigenvalue weighted by atomic mass is 16.5. The van der Waals surface area contributed by atoms with Crippen molar-refractivity contribution in [1.82, 2.24) is 5.32 Å². The van der Waals surface area contributed by atoms with Crippen LogP contribution in [0.2, 0.25) is 0 Å². The lowest BCUT2D eigenvalue weighted by atomic mass is 9.99. The molecule has 1 unspecified atom stereocenters. The number of primary amides is 1. The largest absolute Gasteiger partial charge is 0.370 e. The Kier molecular flexibility index (Phi) is 7.49. The van der Waals surface area contributed by atoms with Crippen molar-refractivity contribution in [3.05, 3.63) is 0 Å². The second-order valence-electron chi connectivity index (χ2n) is 3.72. The highest BCUT2D eigenvalue weighted by molar-refractivity contribution is 5.81. The minimum atomic E-state index is -0.525. The van der Waals surface area contributed by atoms with Crippen molar-refractivity contribution < 1.29 is 14.3 Å². The van der Waals surface area contributed by atoms with Crippen LogP contribution in [0.15, 0.2) is 0 Å². The van der Waals surface area contributed by atoms with Crippen LogP contribution in [0.5, 0.6) is 0 Å². The number of ether oxygens (including phenoxy) is 1. The van der Waals surface area contributed by atoms with Gasteiger partial charge in [-0.05, 0) is 5.92 Å². The molecule has 5 N–H and O–H groups in total. The van der Waals surface area contributed by atoms with Crippen LogP contribution in [0.1, 0.15) is 20.3 Å². The van der Waals surface area contributed by atoms with Crippen molar-refractivity contribution in [2.45, 2.75) is 26.3 Å². The Labute approximate surface area is 95.7 Å². The average molecular weight is 231 g/mol. The van der Waals surface area contributed by atoms with Crippen molar-refractivity contribution in [1.29, 1.82) is 0 Å². The molecule has 16 heavy (non-hydrogen) atoms. The number of nitrogens with one attached hydrogen (secondary N) is 1. The summed E-state index contributed by atoms with van der Waals surface area (Å²) in [6.07, 6.45) is 0.854. The molecule has 2 amide bonds. The van der Waals surface area contributed by atoms with Gasteiger partial charge in [-0.25, -0.2) is 0 Å². The summed E-state index contributed by atoms with van der Waals surface area (Å²) >= 11 is 0. The predicted octanol–water partition coefficient (Wildman–Crippen LogP) is -1.02. The van der Waals surface area contributed by atoms with Crippen molar-refractivity contribution in [3.8, 4) is 0 Å². The Morgan fingerprint density at radius 1 is 1.44 bits per heavy atom. The van der Waals surface area contributed by atoms with Crippen LogP contribution in [0.25, 0.3) is 0 Å². The van der Waals surface area contributed by atoms with E-state index in [0.717, 1.165) is 6.42 Å². The average Bonchev–Trinajstić information content (AvgIpc) is 2.25. The van der Waals surface area contributed by atoms with Crippen molar-refractivity contribution in [3.63, 3.8) is 0 Å². The van der Waals surface area contributed by atoms with E-state index in [2.05, 4.69) is 5.32 Å². The van der Waals surface area contributed by atoms with Gasteiger partial charge in [0.25, 0.3) is 0 Å². The third-order valence-electron chi connectivity index (χ3n) is 2.35. The zero-order chi connectivity index (χ0) is 12.6. The zero-order valence-electron chi connectivity index (χ0n) is 9.86. The Morgan fingerprint density at radius 3 is 2.56 bits per heavy atom. The summed E-state index contributed by atoms with van der Waals surface area (Å²) in [4.78, 5) is 21.8. The molecule has 0 saturated carbocycles. The monoisotopic (exact) mass is 231 g/mol. The van der Waals surface area contributed by atoms with E-state index in [1.807, 2.05) is 13.8 Å². The number of hydrogen-bond donors (Lipinski definition) is 3. The maximum Gasteiger partial charge on any atom is 0.243 e. The van der Waals surface area contributed by atoms with Crippen LogP contribution in [0.4, 0.5) is 0 Å². The summed E-state index contributed by atoms with van der Waals surface area (Å²) in [5.41, 5.74) is 10.6. The van der Waals surface area contributed by atoms with Gasteiger partial charge in [0.2, 0.25) is 11.8 Å². The van der Waals surface area contributed by atoms with E-state index in [1.165, 1.54) is 0 Å². The van der Waals surface area contributed by atoms with E-state index in [-0.39, 0.29) is 25.0 Å². The minimum Gasteiger partial charge on any atom is -0.370 e. The molecule has 0 aromatic carbocycles. The molecule has 0 aromatic rings. The molecule has 0 radical (unpaired) electrons. The predicted molar refractivity (Wildman–Crippen MR) is 60.5 cm³/mol. The van der Waals surface area contributed by atoms with Crippen molar-refractivity contribution in [2.24, 2.45) is 17.4 Å². The van der Waals surface area contributed by atoms with Crippen molar-refractivity contribution >= 4 is 11.8 Å². The Morgan fingerprint density at radius 2 is 2.06 bits per heavy atom. The number of nitrogens with two attached hydrogens (primary N) is 2. The summed E-state index contributed by atoms with van der Waals surface area (Å²) in [6.45, 7) is 4.35. The molecule has 0 heterocycles. The summed E-state index contributed by atoms with van der Waals surface area (Å²) in [5, 5.41) is 2.63. The smallest absolute Gasteiger partial charge is 0.243 e. The van der Waals surface area contributed by atoms with E-state index in [9.17, 15) is 9.59 Å². The lowest BCUT2D eigenvalue weighted by Gasteiger charge is -2.17. The molecule has 0 bridgehead atoms. The Hall–Kier alpha value is -1.14. The summed E-state index contributed by atoms with van der Waals surface area (Å²) in [5.74, 6) is -0.578. The van der Waals surface area contributed by atoms with Gasteiger partial charge in [0.15, 0.2) is 0 Å². The molecule has 6 heteroatoms. The highest BCUT2D eigenvalue weighted by Gasteiger charge is 2.18. The van der Waals surface area contributed by atoms with Crippen LogP contribution in [-0.2, 0) is 14.3 Å². The van der Waals surface area contributed by atoms with Gasteiger partial charge in [0.05, 0.1) is 12.6 Å². The number of hydrogen-bond acceptors (Lipinski definition) is 4. The number of carbonyl (C=O) groups is 2. The molecular formula is C10H21N3O3. The molecule has 0 aromatic heterocycles. The molecule has 94 valence electrons. The van der Waals surface area contributed by atoms with Gasteiger partial charge < -0.3 is 21.5 Å². The lowest BCUT2D eigenvalue weighted by Crippen LogP contribution is -2.45. The topological polar surface area (TPSA) is 107 Å². The van der Waals surface area contributed by atoms with E-state index < -0.39 is 11.9 Å². The molecule has 2 atom stereocenters. The summed E-state index contributed by atoms with van der Waals surface area (Å²) < 4.78 is 4.88. The molecule has 0 spiro atoms. The molecule has 0 fully saturated rings. The SMILES string of the molecule is CCC(C)[C@H](N)C(=O)NCCOCC(N)=O. The molecule has 0 rings (SSSR count). The third kappa shape index (κ3) is 6.36. The van der Waals surface area contributed by atoms with Crippen LogP contribution in [0, 0.1) is 5.92 Å². The van der Waals surface area contributed by atoms with Crippen LogP contribution in [-0.4, -0.2) is 37.6 Å². The quantitative estimate of drug-likeness (QED) is 0.464. The van der Waals surface area contributed by atoms with E-state index in [0.29, 0.717) is 6.54 Å². The first kappa shape index (κ1) is 14.9. The van der Waals surface area contributed by atoms with E-state index in [1.54, 1.807) is 0 Å². The fraction of sp³-hybridized carbons (Fsp3) is 0.800. The van der Waals surface area contributed by atoms with Gasteiger partial charge in [0, 0.05) is 6.54 Å². The Bertz CT molecular complexity index is 233. The fourth-order valence-electron chi connectivity index (χ4n) is 1.05. The lowest BCUT2D eigenvalue weighted by molar-refractivity contribution is -0.123. The van der Waals surface area contributed by atoms with Gasteiger partial charge in [-0.2, -0.15) is 0 Å². The van der Waals surface area contributed by atoms with Crippen LogP contribution >= 0.6 is 0 Å². The van der Waals surface area contributed by atoms with Crippen molar-refractivity contribution in [2.75, 3.05) is 19.8 Å². The van der Waals surface area contributed by atoms with Gasteiger partial charge in [0.1, 0.15) is 6.61 Å². The van der Waals surface area contributed by atoms with E-state index in [4.69, 9.17) is 16.2 Å². The molecule has 0 aliphatic carbocycles. The first-order chi connectivity index (χ1) is 7.49. The highest BCUT2D eigenvalue weighted by Crippen LogP contribution is 2.04. The van der Waals surface area contributed by atoms with Gasteiger partial charge in [-0.15, -0.1) is 0 Å². The standard InChI is InChI=1S/C10H21N3O3/c1-3-7(2)9(12)10(15)13-4-5-16-6-8(11)14/h7,9H,3-6,12H2,1-2H3,(H2,11,14)(H,13,15)/t7?,9-/m0/s1. The number of carbonyl (C=O) groups excluding carboxylic acids is 2. The fourth-order valence-corrected chi connectivity index (χ4v) is 1.05. The molecule has 0 saturated heterocycles. The molecule has 0 aliphatic heterocycles. The maximum absolute atomic E-state index is 11.5. The second-order valence-corrected chi connectivity index (χ2v) is 3.72. The third-order valence-corrected chi connectivity index (χ3v) is 2.35. The Balaban J connectivity index is 3.61. The number of amides is 2. The maximum atomic E-state index is 11.5. The van der Waals surface area contributed by atoms with Gasteiger partial charge >= 0.3 is 0 Å². The minimum absolute atomic E-state index is 0.132. The molecular weight excluding hydrogens is 210 g/mol.